The van der Waals surface area contributed by atoms with Crippen LogP contribution in [0.15, 0.2) is 60.8 Å². The van der Waals surface area contributed by atoms with Gasteiger partial charge in [0, 0.05) is 40.9 Å². The highest BCUT2D eigenvalue weighted by Gasteiger charge is 2.45. The van der Waals surface area contributed by atoms with Gasteiger partial charge in [0.15, 0.2) is 5.65 Å². The van der Waals surface area contributed by atoms with Crippen molar-refractivity contribution in [2.75, 3.05) is 11.9 Å². The molecule has 0 radical (unpaired) electrons. The highest BCUT2D eigenvalue weighted by molar-refractivity contribution is 5.77. The molecule has 1 aliphatic heterocycles. The molecule has 0 saturated carbocycles. The molecule has 2 aromatic carbocycles. The second-order valence-electron chi connectivity index (χ2n) is 8.40. The van der Waals surface area contributed by atoms with Gasteiger partial charge in [0.05, 0.1) is 11.4 Å². The van der Waals surface area contributed by atoms with E-state index in [4.69, 9.17) is 4.98 Å². The van der Waals surface area contributed by atoms with Crippen molar-refractivity contribution in [2.45, 2.75) is 32.1 Å². The summed E-state index contributed by atoms with van der Waals surface area (Å²) in [5, 5.41) is 25.1. The molecule has 30 heavy (non-hydrogen) atoms. The number of hydrogen-bond donors (Lipinski definition) is 3. The molecular formula is C25H25N3O2. The average Bonchev–Trinajstić information content (AvgIpc) is 3.03. The Morgan fingerprint density at radius 1 is 0.967 bits per heavy atom. The SMILES string of the molecule is Cc1nc2c3c(ccn2c1C)[C@H](c1ccccc1O)[C@@](C)(c1ccccc1O)CN3. The second kappa shape index (κ2) is 6.52. The van der Waals surface area contributed by atoms with E-state index >= 15 is 0 Å². The average molecular weight is 399 g/mol. The van der Waals surface area contributed by atoms with E-state index in [1.807, 2.05) is 43.3 Å². The predicted octanol–water partition coefficient (Wildman–Crippen LogP) is 4.88. The van der Waals surface area contributed by atoms with E-state index in [1.54, 1.807) is 12.1 Å². The lowest BCUT2D eigenvalue weighted by Gasteiger charge is -2.44. The number of rotatable bonds is 2. The molecular weight excluding hydrogens is 374 g/mol. The summed E-state index contributed by atoms with van der Waals surface area (Å²) in [6.45, 7) is 6.82. The highest BCUT2D eigenvalue weighted by atomic mass is 16.3. The minimum Gasteiger partial charge on any atom is -0.508 e. The van der Waals surface area contributed by atoms with Crippen molar-refractivity contribution in [3.05, 3.63) is 88.9 Å². The Labute approximate surface area is 175 Å². The number of phenols is 2. The van der Waals surface area contributed by atoms with Crippen molar-refractivity contribution in [3.63, 3.8) is 0 Å². The van der Waals surface area contributed by atoms with Gasteiger partial charge in [-0.3, -0.25) is 0 Å². The second-order valence-corrected chi connectivity index (χ2v) is 8.40. The molecule has 3 N–H and O–H groups in total. The smallest absolute Gasteiger partial charge is 0.161 e. The lowest BCUT2D eigenvalue weighted by molar-refractivity contribution is 0.379. The van der Waals surface area contributed by atoms with Crippen LogP contribution in [0, 0.1) is 13.8 Å². The van der Waals surface area contributed by atoms with Crippen LogP contribution in [0.25, 0.3) is 5.65 Å². The summed E-state index contributed by atoms with van der Waals surface area (Å²) < 4.78 is 2.10. The number of fused-ring (bicyclic) bond motifs is 3. The molecule has 2 aromatic heterocycles. The lowest BCUT2D eigenvalue weighted by atomic mass is 9.63. The molecule has 0 aliphatic carbocycles. The first-order valence-electron chi connectivity index (χ1n) is 10.2. The van der Waals surface area contributed by atoms with Crippen molar-refractivity contribution < 1.29 is 10.2 Å². The molecule has 0 bridgehead atoms. The van der Waals surface area contributed by atoms with Crippen LogP contribution in [0.3, 0.4) is 0 Å². The molecule has 0 amide bonds. The fourth-order valence-electron chi connectivity index (χ4n) is 4.94. The molecule has 5 heteroatoms. The summed E-state index contributed by atoms with van der Waals surface area (Å²) in [5.41, 5.74) is 6.26. The van der Waals surface area contributed by atoms with Gasteiger partial charge in [0.1, 0.15) is 11.5 Å². The Kier molecular flexibility index (Phi) is 4.03. The van der Waals surface area contributed by atoms with Crippen LogP contribution in [0.2, 0.25) is 0 Å². The molecule has 3 heterocycles. The number of phenolic OH excluding ortho intramolecular Hbond substituents is 2. The van der Waals surface area contributed by atoms with Crippen LogP contribution in [-0.2, 0) is 5.41 Å². The van der Waals surface area contributed by atoms with Crippen molar-refractivity contribution in [3.8, 4) is 11.5 Å². The molecule has 152 valence electrons. The minimum absolute atomic E-state index is 0.162. The highest BCUT2D eigenvalue weighted by Crippen LogP contribution is 2.53. The predicted molar refractivity (Wildman–Crippen MR) is 119 cm³/mol. The van der Waals surface area contributed by atoms with E-state index in [2.05, 4.69) is 35.8 Å². The number of aromatic hydroxyl groups is 2. The fourth-order valence-corrected chi connectivity index (χ4v) is 4.94. The van der Waals surface area contributed by atoms with Crippen LogP contribution in [-0.4, -0.2) is 26.1 Å². The molecule has 0 unspecified atom stereocenters. The van der Waals surface area contributed by atoms with E-state index in [0.29, 0.717) is 6.54 Å². The van der Waals surface area contributed by atoms with Crippen LogP contribution in [0.1, 0.15) is 40.9 Å². The number of pyridine rings is 1. The Hall–Kier alpha value is -3.47. The standard InChI is InChI=1S/C25H25N3O2/c1-15-16(2)28-13-12-18-22(17-8-4-6-10-20(17)29)25(3,14-26-23(18)24(28)27-15)19-9-5-7-11-21(19)30/h4-13,22,26,29-30H,14H2,1-3H3/t22-,25+/m0/s1. The van der Waals surface area contributed by atoms with E-state index in [0.717, 1.165) is 39.4 Å². The molecule has 1 aliphatic rings. The lowest BCUT2D eigenvalue weighted by Crippen LogP contribution is -2.42. The van der Waals surface area contributed by atoms with E-state index < -0.39 is 5.41 Å². The largest absolute Gasteiger partial charge is 0.508 e. The first-order valence-corrected chi connectivity index (χ1v) is 10.2. The van der Waals surface area contributed by atoms with Crippen LogP contribution in [0.4, 0.5) is 5.69 Å². The van der Waals surface area contributed by atoms with Gasteiger partial charge in [0.2, 0.25) is 0 Å². The summed E-state index contributed by atoms with van der Waals surface area (Å²) in [6, 6.07) is 17.1. The van der Waals surface area contributed by atoms with Gasteiger partial charge in [0.25, 0.3) is 0 Å². The fraction of sp³-hybridized carbons (Fsp3) is 0.240. The van der Waals surface area contributed by atoms with Crippen LogP contribution >= 0.6 is 0 Å². The minimum atomic E-state index is -0.480. The van der Waals surface area contributed by atoms with Gasteiger partial charge >= 0.3 is 0 Å². The van der Waals surface area contributed by atoms with E-state index in [9.17, 15) is 10.2 Å². The third-order valence-electron chi connectivity index (χ3n) is 6.65. The zero-order valence-electron chi connectivity index (χ0n) is 17.3. The molecule has 5 rings (SSSR count). The third-order valence-corrected chi connectivity index (χ3v) is 6.65. The first-order chi connectivity index (χ1) is 14.4. The number of hydrogen-bond acceptors (Lipinski definition) is 4. The van der Waals surface area contributed by atoms with Gasteiger partial charge in [-0.25, -0.2) is 4.98 Å². The molecule has 0 spiro atoms. The van der Waals surface area contributed by atoms with Crippen molar-refractivity contribution in [2.24, 2.45) is 0 Å². The van der Waals surface area contributed by atoms with Crippen LogP contribution in [0.5, 0.6) is 11.5 Å². The van der Waals surface area contributed by atoms with Crippen molar-refractivity contribution >= 4 is 11.3 Å². The number of nitrogens with one attached hydrogen (secondary N) is 1. The summed E-state index contributed by atoms with van der Waals surface area (Å²) in [5.74, 6) is 0.359. The van der Waals surface area contributed by atoms with Gasteiger partial charge in [-0.2, -0.15) is 0 Å². The Balaban J connectivity index is 1.82. The quantitative estimate of drug-likeness (QED) is 0.449. The Bertz CT molecular complexity index is 1280. The molecule has 4 aromatic rings. The zero-order valence-corrected chi connectivity index (χ0v) is 17.3. The monoisotopic (exact) mass is 399 g/mol. The van der Waals surface area contributed by atoms with Crippen LogP contribution < -0.4 is 5.32 Å². The van der Waals surface area contributed by atoms with E-state index in [-0.39, 0.29) is 17.4 Å². The normalized spacial score (nSPS) is 20.7. The third kappa shape index (κ3) is 2.51. The number of aryl methyl sites for hydroxylation is 2. The summed E-state index contributed by atoms with van der Waals surface area (Å²) >= 11 is 0. The number of para-hydroxylation sites is 2. The van der Waals surface area contributed by atoms with Gasteiger partial charge < -0.3 is 19.9 Å². The molecule has 0 fully saturated rings. The number of imidazole rings is 1. The van der Waals surface area contributed by atoms with Gasteiger partial charge in [-0.15, -0.1) is 0 Å². The number of aromatic nitrogens is 2. The maximum absolute atomic E-state index is 10.8. The number of anilines is 1. The van der Waals surface area contributed by atoms with E-state index in [1.165, 1.54) is 0 Å². The number of nitrogens with zero attached hydrogens (tertiary/aromatic N) is 2. The van der Waals surface area contributed by atoms with Gasteiger partial charge in [-0.1, -0.05) is 43.3 Å². The Morgan fingerprint density at radius 2 is 1.67 bits per heavy atom. The zero-order chi connectivity index (χ0) is 21.0. The maximum atomic E-state index is 10.8. The van der Waals surface area contributed by atoms with Crippen molar-refractivity contribution in [1.29, 1.82) is 0 Å². The topological polar surface area (TPSA) is 69.8 Å². The first kappa shape index (κ1) is 18.6. The summed E-state index contributed by atoms with van der Waals surface area (Å²) in [4.78, 5) is 4.80. The Morgan fingerprint density at radius 3 is 2.40 bits per heavy atom. The molecule has 2 atom stereocenters. The van der Waals surface area contributed by atoms with Gasteiger partial charge in [-0.05, 0) is 37.6 Å². The number of benzene rings is 2. The maximum Gasteiger partial charge on any atom is 0.161 e. The van der Waals surface area contributed by atoms with Crippen molar-refractivity contribution in [1.82, 2.24) is 9.38 Å². The molecule has 5 nitrogen and oxygen atoms in total. The summed E-state index contributed by atoms with van der Waals surface area (Å²) in [6.07, 6.45) is 2.05. The summed E-state index contributed by atoms with van der Waals surface area (Å²) in [7, 11) is 0. The molecule has 0 saturated heterocycles.